The molecular weight excluding hydrogens is 254 g/mol. The van der Waals surface area contributed by atoms with Gasteiger partial charge in [-0.2, -0.15) is 0 Å². The lowest BCUT2D eigenvalue weighted by molar-refractivity contribution is 0.195. The highest BCUT2D eigenvalue weighted by molar-refractivity contribution is 5.85. The number of fused-ring (bicyclic) bond motifs is 1. The summed E-state index contributed by atoms with van der Waals surface area (Å²) in [5.74, 6) is 1.55. The maximum Gasteiger partial charge on any atom is 0.0111 e. The first kappa shape index (κ1) is 14.6. The van der Waals surface area contributed by atoms with Crippen LogP contribution in [0.3, 0.4) is 0 Å². The Balaban J connectivity index is 1.81. The van der Waals surface area contributed by atoms with Crippen molar-refractivity contribution in [2.45, 2.75) is 51.5 Å². The molecule has 1 saturated carbocycles. The molecule has 2 aromatic carbocycles. The quantitative estimate of drug-likeness (QED) is 0.845. The summed E-state index contributed by atoms with van der Waals surface area (Å²) < 4.78 is 0. The van der Waals surface area contributed by atoms with E-state index in [1.54, 1.807) is 0 Å². The van der Waals surface area contributed by atoms with Crippen LogP contribution in [0.4, 0.5) is 0 Å². The summed E-state index contributed by atoms with van der Waals surface area (Å²) in [6.07, 6.45) is 7.77. The minimum absolute atomic E-state index is 0.307. The molecule has 1 heteroatoms. The van der Waals surface area contributed by atoms with E-state index < -0.39 is 0 Å². The summed E-state index contributed by atoms with van der Waals surface area (Å²) in [4.78, 5) is 0. The van der Waals surface area contributed by atoms with Gasteiger partial charge in [0.1, 0.15) is 0 Å². The Morgan fingerprint density at radius 2 is 1.81 bits per heavy atom. The van der Waals surface area contributed by atoms with Crippen LogP contribution in [-0.4, -0.2) is 6.04 Å². The summed E-state index contributed by atoms with van der Waals surface area (Å²) in [7, 11) is 0. The molecule has 0 aromatic heterocycles. The van der Waals surface area contributed by atoms with E-state index in [-0.39, 0.29) is 0 Å². The molecule has 0 spiro atoms. The van der Waals surface area contributed by atoms with Gasteiger partial charge in [0, 0.05) is 6.04 Å². The average Bonchev–Trinajstić information content (AvgIpc) is 2.55. The van der Waals surface area contributed by atoms with E-state index in [9.17, 15) is 0 Å². The fourth-order valence-electron chi connectivity index (χ4n) is 4.18. The van der Waals surface area contributed by atoms with Gasteiger partial charge >= 0.3 is 0 Å². The molecule has 3 unspecified atom stereocenters. The van der Waals surface area contributed by atoms with Crippen LogP contribution in [-0.2, 0) is 6.42 Å². The van der Waals surface area contributed by atoms with Crippen molar-refractivity contribution < 1.29 is 0 Å². The van der Waals surface area contributed by atoms with Crippen LogP contribution in [0.25, 0.3) is 10.8 Å². The van der Waals surface area contributed by atoms with Gasteiger partial charge < -0.3 is 5.73 Å². The minimum Gasteiger partial charge on any atom is -0.327 e. The standard InChI is InChI=1S/C20H27N/c1-2-15-8-3-6-13-19(15)20(21)14-17-11-7-10-16-9-4-5-12-18(16)17/h4-5,7,9-12,15,19-20H,2-3,6,8,13-14,21H2,1H3. The van der Waals surface area contributed by atoms with E-state index in [0.717, 1.165) is 12.3 Å². The molecule has 0 heterocycles. The van der Waals surface area contributed by atoms with E-state index in [4.69, 9.17) is 5.73 Å². The first-order chi connectivity index (χ1) is 10.3. The van der Waals surface area contributed by atoms with Crippen molar-refractivity contribution in [3.8, 4) is 0 Å². The largest absolute Gasteiger partial charge is 0.327 e. The van der Waals surface area contributed by atoms with Gasteiger partial charge in [0.05, 0.1) is 0 Å². The molecule has 1 nitrogen and oxygen atoms in total. The fraction of sp³-hybridized carbons (Fsp3) is 0.500. The highest BCUT2D eigenvalue weighted by atomic mass is 14.7. The molecule has 0 amide bonds. The van der Waals surface area contributed by atoms with E-state index >= 15 is 0 Å². The lowest BCUT2D eigenvalue weighted by Gasteiger charge is -2.35. The van der Waals surface area contributed by atoms with Gasteiger partial charge in [-0.1, -0.05) is 75.1 Å². The van der Waals surface area contributed by atoms with Crippen molar-refractivity contribution >= 4 is 10.8 Å². The minimum atomic E-state index is 0.307. The summed E-state index contributed by atoms with van der Waals surface area (Å²) in [5.41, 5.74) is 8.06. The maximum atomic E-state index is 6.64. The van der Waals surface area contributed by atoms with Crippen LogP contribution >= 0.6 is 0 Å². The second-order valence-corrected chi connectivity index (χ2v) is 6.62. The third-order valence-electron chi connectivity index (χ3n) is 5.38. The zero-order chi connectivity index (χ0) is 14.7. The van der Waals surface area contributed by atoms with Crippen molar-refractivity contribution in [2.24, 2.45) is 17.6 Å². The average molecular weight is 281 g/mol. The number of rotatable bonds is 4. The van der Waals surface area contributed by atoms with Crippen molar-refractivity contribution in [1.82, 2.24) is 0 Å². The molecule has 0 bridgehead atoms. The summed E-state index contributed by atoms with van der Waals surface area (Å²) in [6.45, 7) is 2.33. The summed E-state index contributed by atoms with van der Waals surface area (Å²) in [6, 6.07) is 15.6. The summed E-state index contributed by atoms with van der Waals surface area (Å²) in [5, 5.41) is 2.71. The first-order valence-corrected chi connectivity index (χ1v) is 8.52. The van der Waals surface area contributed by atoms with Crippen LogP contribution in [0, 0.1) is 11.8 Å². The van der Waals surface area contributed by atoms with Gasteiger partial charge in [0.2, 0.25) is 0 Å². The topological polar surface area (TPSA) is 26.0 Å². The Morgan fingerprint density at radius 3 is 2.67 bits per heavy atom. The van der Waals surface area contributed by atoms with E-state index in [1.807, 2.05) is 0 Å². The van der Waals surface area contributed by atoms with E-state index in [1.165, 1.54) is 48.4 Å². The van der Waals surface area contributed by atoms with Crippen LogP contribution < -0.4 is 5.73 Å². The number of benzene rings is 2. The normalized spacial score (nSPS) is 24.1. The fourth-order valence-corrected chi connectivity index (χ4v) is 4.18. The second kappa shape index (κ2) is 6.62. The Morgan fingerprint density at radius 1 is 1.05 bits per heavy atom. The first-order valence-electron chi connectivity index (χ1n) is 8.52. The summed E-state index contributed by atoms with van der Waals surface area (Å²) >= 11 is 0. The lowest BCUT2D eigenvalue weighted by atomic mass is 9.73. The van der Waals surface area contributed by atoms with Crippen LogP contribution in [0.5, 0.6) is 0 Å². The molecule has 3 rings (SSSR count). The van der Waals surface area contributed by atoms with Crippen molar-refractivity contribution in [3.05, 3.63) is 48.0 Å². The predicted octanol–water partition coefficient (Wildman–Crippen LogP) is 4.93. The van der Waals surface area contributed by atoms with Crippen molar-refractivity contribution in [1.29, 1.82) is 0 Å². The van der Waals surface area contributed by atoms with Gasteiger partial charge in [-0.25, -0.2) is 0 Å². The molecule has 3 atom stereocenters. The van der Waals surface area contributed by atoms with Gasteiger partial charge in [0.25, 0.3) is 0 Å². The molecule has 21 heavy (non-hydrogen) atoms. The van der Waals surface area contributed by atoms with Crippen LogP contribution in [0.2, 0.25) is 0 Å². The van der Waals surface area contributed by atoms with Gasteiger partial charge in [-0.3, -0.25) is 0 Å². The predicted molar refractivity (Wildman–Crippen MR) is 91.4 cm³/mol. The molecule has 2 N–H and O–H groups in total. The van der Waals surface area contributed by atoms with E-state index in [2.05, 4.69) is 49.4 Å². The smallest absolute Gasteiger partial charge is 0.0111 e. The third-order valence-corrected chi connectivity index (χ3v) is 5.38. The van der Waals surface area contributed by atoms with E-state index in [0.29, 0.717) is 12.0 Å². The van der Waals surface area contributed by atoms with Crippen molar-refractivity contribution in [3.63, 3.8) is 0 Å². The van der Waals surface area contributed by atoms with Gasteiger partial charge in [-0.15, -0.1) is 0 Å². The molecule has 2 aromatic rings. The number of hydrogen-bond donors (Lipinski definition) is 1. The maximum absolute atomic E-state index is 6.64. The zero-order valence-corrected chi connectivity index (χ0v) is 13.1. The highest BCUT2D eigenvalue weighted by Gasteiger charge is 2.28. The molecule has 1 fully saturated rings. The van der Waals surface area contributed by atoms with Crippen LogP contribution in [0.1, 0.15) is 44.6 Å². The lowest BCUT2D eigenvalue weighted by Crippen LogP contribution is -2.38. The molecule has 1 aliphatic carbocycles. The highest BCUT2D eigenvalue weighted by Crippen LogP contribution is 2.35. The molecule has 0 saturated heterocycles. The Hall–Kier alpha value is -1.34. The van der Waals surface area contributed by atoms with Crippen molar-refractivity contribution in [2.75, 3.05) is 0 Å². The second-order valence-electron chi connectivity index (χ2n) is 6.62. The number of hydrogen-bond acceptors (Lipinski definition) is 1. The number of nitrogens with two attached hydrogens (primary N) is 1. The third kappa shape index (κ3) is 3.13. The Kier molecular flexibility index (Phi) is 4.60. The molecule has 0 radical (unpaired) electrons. The molecular formula is C20H27N. The Labute approximate surface area is 128 Å². The van der Waals surface area contributed by atoms with Crippen LogP contribution in [0.15, 0.2) is 42.5 Å². The molecule has 0 aliphatic heterocycles. The Bertz CT molecular complexity index is 584. The van der Waals surface area contributed by atoms with Gasteiger partial charge in [-0.05, 0) is 41.0 Å². The molecule has 1 aliphatic rings. The zero-order valence-electron chi connectivity index (χ0n) is 13.1. The SMILES string of the molecule is CCC1CCCCC1C(N)Cc1cccc2ccccc12. The monoisotopic (exact) mass is 281 g/mol. The molecule has 112 valence electrons. The van der Waals surface area contributed by atoms with Gasteiger partial charge in [0.15, 0.2) is 0 Å².